The number of hydrogen-bond donors (Lipinski definition) is 1. The number of nitrogens with one attached hydrogen (secondary N) is 1. The van der Waals surface area contributed by atoms with Crippen LogP contribution in [-0.4, -0.2) is 40.9 Å². The van der Waals surface area contributed by atoms with Crippen molar-refractivity contribution in [3.63, 3.8) is 0 Å². The minimum Gasteiger partial charge on any atom is -0.497 e. The topological polar surface area (TPSA) is 58.9 Å². The minimum atomic E-state index is -0.0812. The molecule has 0 saturated carbocycles. The number of hydrogen-bond acceptors (Lipinski definition) is 4. The Balaban J connectivity index is 1.58. The smallest absolute Gasteiger partial charge is 0.238 e. The number of carbonyl (C=O) groups excluding carboxylic acids is 1. The highest BCUT2D eigenvalue weighted by molar-refractivity contribution is 9.10. The summed E-state index contributed by atoms with van der Waals surface area (Å²) in [6, 6.07) is 11.2. The van der Waals surface area contributed by atoms with Gasteiger partial charge in [0.1, 0.15) is 11.4 Å². The molecule has 0 saturated heterocycles. The van der Waals surface area contributed by atoms with E-state index in [1.54, 1.807) is 13.2 Å². The normalized spacial score (nSPS) is 11.0. The van der Waals surface area contributed by atoms with Crippen LogP contribution in [0.3, 0.4) is 0 Å². The Bertz CT molecular complexity index is 894. The van der Waals surface area contributed by atoms with E-state index < -0.39 is 0 Å². The SMILES string of the molecule is COc1cccc(NC(=O)CN(C)Cc2cn3cc(Br)ccc3n2)c1. The van der Waals surface area contributed by atoms with Crippen LogP contribution in [0.1, 0.15) is 5.69 Å². The predicted octanol–water partition coefficient (Wildman–Crippen LogP) is 3.18. The van der Waals surface area contributed by atoms with Gasteiger partial charge in [0.25, 0.3) is 0 Å². The third-order valence-corrected chi connectivity index (χ3v) is 4.13. The summed E-state index contributed by atoms with van der Waals surface area (Å²) in [6.07, 6.45) is 3.93. The van der Waals surface area contributed by atoms with Crippen LogP contribution in [0.25, 0.3) is 5.65 Å². The van der Waals surface area contributed by atoms with Crippen LogP contribution < -0.4 is 10.1 Å². The summed E-state index contributed by atoms with van der Waals surface area (Å²) in [7, 11) is 3.49. The molecule has 3 aromatic rings. The molecule has 1 amide bonds. The number of imidazole rings is 1. The van der Waals surface area contributed by atoms with Gasteiger partial charge in [0.2, 0.25) is 5.91 Å². The molecule has 0 unspecified atom stereocenters. The first-order chi connectivity index (χ1) is 12.0. The molecule has 6 nitrogen and oxygen atoms in total. The summed E-state index contributed by atoms with van der Waals surface area (Å²) in [5.41, 5.74) is 2.51. The molecule has 130 valence electrons. The van der Waals surface area contributed by atoms with E-state index in [0.717, 1.165) is 21.5 Å². The summed E-state index contributed by atoms with van der Waals surface area (Å²) in [6.45, 7) is 0.861. The molecule has 0 aliphatic heterocycles. The van der Waals surface area contributed by atoms with Gasteiger partial charge >= 0.3 is 0 Å². The molecule has 0 bridgehead atoms. The molecule has 25 heavy (non-hydrogen) atoms. The Morgan fingerprint density at radius 3 is 2.96 bits per heavy atom. The van der Waals surface area contributed by atoms with E-state index in [9.17, 15) is 4.79 Å². The lowest BCUT2D eigenvalue weighted by atomic mass is 10.3. The molecule has 1 N–H and O–H groups in total. The molecule has 0 fully saturated rings. The molecule has 0 atom stereocenters. The fraction of sp³-hybridized carbons (Fsp3) is 0.222. The maximum atomic E-state index is 12.2. The monoisotopic (exact) mass is 402 g/mol. The van der Waals surface area contributed by atoms with Crippen molar-refractivity contribution >= 4 is 33.2 Å². The number of halogens is 1. The van der Waals surface area contributed by atoms with Gasteiger partial charge in [0.15, 0.2) is 0 Å². The number of anilines is 1. The van der Waals surface area contributed by atoms with E-state index in [1.807, 2.05) is 59.1 Å². The van der Waals surface area contributed by atoms with E-state index in [0.29, 0.717) is 12.3 Å². The van der Waals surface area contributed by atoms with Crippen molar-refractivity contribution in [3.8, 4) is 5.75 Å². The van der Waals surface area contributed by atoms with Crippen molar-refractivity contribution in [1.29, 1.82) is 0 Å². The van der Waals surface area contributed by atoms with Crippen LogP contribution in [0.15, 0.2) is 53.3 Å². The molecule has 3 rings (SSSR count). The molecule has 0 spiro atoms. The number of ether oxygens (including phenoxy) is 1. The number of amides is 1. The molecule has 1 aromatic carbocycles. The van der Waals surface area contributed by atoms with E-state index in [2.05, 4.69) is 26.2 Å². The Morgan fingerprint density at radius 1 is 1.32 bits per heavy atom. The van der Waals surface area contributed by atoms with E-state index in [1.165, 1.54) is 0 Å². The number of carbonyl (C=O) groups is 1. The largest absolute Gasteiger partial charge is 0.497 e. The number of fused-ring (bicyclic) bond motifs is 1. The van der Waals surface area contributed by atoms with Crippen molar-refractivity contribution in [2.45, 2.75) is 6.54 Å². The Hall–Kier alpha value is -2.38. The molecule has 0 radical (unpaired) electrons. The van der Waals surface area contributed by atoms with Crippen LogP contribution in [0.4, 0.5) is 5.69 Å². The average Bonchev–Trinajstić information content (AvgIpc) is 2.95. The minimum absolute atomic E-state index is 0.0812. The van der Waals surface area contributed by atoms with Gasteiger partial charge in [-0.2, -0.15) is 0 Å². The van der Waals surface area contributed by atoms with Crippen molar-refractivity contribution < 1.29 is 9.53 Å². The number of rotatable bonds is 6. The third-order valence-electron chi connectivity index (χ3n) is 3.66. The maximum Gasteiger partial charge on any atom is 0.238 e. The zero-order chi connectivity index (χ0) is 17.8. The summed E-state index contributed by atoms with van der Waals surface area (Å²) >= 11 is 3.45. The van der Waals surface area contributed by atoms with Gasteiger partial charge in [-0.1, -0.05) is 6.07 Å². The first kappa shape index (κ1) is 17.4. The van der Waals surface area contributed by atoms with Crippen LogP contribution in [0, 0.1) is 0 Å². The average molecular weight is 403 g/mol. The maximum absolute atomic E-state index is 12.2. The quantitative estimate of drug-likeness (QED) is 0.687. The van der Waals surface area contributed by atoms with Crippen LogP contribution in [-0.2, 0) is 11.3 Å². The van der Waals surface area contributed by atoms with Gasteiger partial charge in [-0.3, -0.25) is 9.69 Å². The summed E-state index contributed by atoms with van der Waals surface area (Å²) < 4.78 is 8.12. The van der Waals surface area contributed by atoms with Gasteiger partial charge in [-0.25, -0.2) is 4.98 Å². The van der Waals surface area contributed by atoms with Crippen molar-refractivity contribution in [2.75, 3.05) is 26.0 Å². The van der Waals surface area contributed by atoms with Crippen molar-refractivity contribution in [3.05, 3.63) is 59.0 Å². The van der Waals surface area contributed by atoms with E-state index >= 15 is 0 Å². The highest BCUT2D eigenvalue weighted by atomic mass is 79.9. The van der Waals surface area contributed by atoms with Gasteiger partial charge < -0.3 is 14.5 Å². The zero-order valence-electron chi connectivity index (χ0n) is 14.1. The summed E-state index contributed by atoms with van der Waals surface area (Å²) in [4.78, 5) is 18.7. The highest BCUT2D eigenvalue weighted by Crippen LogP contribution is 2.17. The number of pyridine rings is 1. The third kappa shape index (κ3) is 4.58. The number of benzene rings is 1. The molecular weight excluding hydrogens is 384 g/mol. The second kappa shape index (κ2) is 7.67. The lowest BCUT2D eigenvalue weighted by molar-refractivity contribution is -0.117. The van der Waals surface area contributed by atoms with E-state index in [4.69, 9.17) is 4.74 Å². The molecule has 7 heteroatoms. The summed E-state index contributed by atoms with van der Waals surface area (Å²) in [5.74, 6) is 0.629. The molecule has 2 aromatic heterocycles. The molecule has 0 aliphatic rings. The van der Waals surface area contributed by atoms with Crippen molar-refractivity contribution in [1.82, 2.24) is 14.3 Å². The van der Waals surface area contributed by atoms with Gasteiger partial charge in [-0.15, -0.1) is 0 Å². The molecule has 2 heterocycles. The standard InChI is InChI=1S/C18H19BrN4O2/c1-22(10-15-11-23-9-13(19)6-7-17(23)20-15)12-18(24)21-14-4-3-5-16(8-14)25-2/h3-9,11H,10,12H2,1-2H3,(H,21,24). The van der Waals surface area contributed by atoms with Crippen LogP contribution in [0.5, 0.6) is 5.75 Å². The van der Waals surface area contributed by atoms with Crippen molar-refractivity contribution in [2.24, 2.45) is 0 Å². The molecular formula is C18H19BrN4O2. The van der Waals surface area contributed by atoms with Gasteiger partial charge in [0, 0.05) is 35.2 Å². The number of aromatic nitrogens is 2. The first-order valence-corrected chi connectivity index (χ1v) is 8.58. The van der Waals surface area contributed by atoms with Gasteiger partial charge in [0.05, 0.1) is 19.3 Å². The van der Waals surface area contributed by atoms with Crippen LogP contribution in [0.2, 0.25) is 0 Å². The summed E-state index contributed by atoms with van der Waals surface area (Å²) in [5, 5.41) is 2.87. The fourth-order valence-electron chi connectivity index (χ4n) is 2.57. The Kier molecular flexibility index (Phi) is 5.35. The van der Waals surface area contributed by atoms with Crippen LogP contribution >= 0.6 is 15.9 Å². The first-order valence-electron chi connectivity index (χ1n) is 7.79. The lowest BCUT2D eigenvalue weighted by Crippen LogP contribution is -2.29. The Labute approximate surface area is 154 Å². The highest BCUT2D eigenvalue weighted by Gasteiger charge is 2.10. The Morgan fingerprint density at radius 2 is 2.16 bits per heavy atom. The predicted molar refractivity (Wildman–Crippen MR) is 101 cm³/mol. The molecule has 0 aliphatic carbocycles. The second-order valence-electron chi connectivity index (χ2n) is 5.80. The number of likely N-dealkylation sites (N-methyl/N-ethyl adjacent to an activating group) is 1. The lowest BCUT2D eigenvalue weighted by Gasteiger charge is -2.15. The second-order valence-corrected chi connectivity index (χ2v) is 6.71. The van der Waals surface area contributed by atoms with E-state index in [-0.39, 0.29) is 12.5 Å². The fourth-order valence-corrected chi connectivity index (χ4v) is 2.93. The van der Waals surface area contributed by atoms with Gasteiger partial charge in [-0.05, 0) is 47.2 Å². The number of nitrogens with zero attached hydrogens (tertiary/aromatic N) is 3. The zero-order valence-corrected chi connectivity index (χ0v) is 15.7. The number of methoxy groups -OCH3 is 1.